The first-order valence-corrected chi connectivity index (χ1v) is 4.87. The molecule has 1 saturated heterocycles. The fraction of sp³-hybridized carbons (Fsp3) is 0.875. The summed E-state index contributed by atoms with van der Waals surface area (Å²) in [6.45, 7) is 5.06. The molecule has 3 N–H and O–H groups in total. The van der Waals surface area contributed by atoms with E-state index in [1.165, 1.54) is 0 Å². The molecule has 14 heavy (non-hydrogen) atoms. The summed E-state index contributed by atoms with van der Waals surface area (Å²) >= 11 is 0. The fourth-order valence-corrected chi connectivity index (χ4v) is 2.29. The first kappa shape index (κ1) is 10.1. The number of rotatable bonds is 3. The quantitative estimate of drug-likeness (QED) is 0.396. The maximum absolute atomic E-state index is 9.63. The largest absolute Gasteiger partial charge is 0.437 e. The Hall–Kier alpha value is -0.425. The Morgan fingerprint density at radius 1 is 1.64 bits per heavy atom. The molecule has 6 heteroatoms. The van der Waals surface area contributed by atoms with Crippen LogP contribution in [0.3, 0.4) is 0 Å². The lowest BCUT2D eigenvalue weighted by Gasteiger charge is -2.41. The van der Waals surface area contributed by atoms with Gasteiger partial charge >= 0.3 is 7.05 Å². The minimum Gasteiger partial charge on any atom is -0.437 e. The summed E-state index contributed by atoms with van der Waals surface area (Å²) in [5, 5.41) is 21.6. The van der Waals surface area contributed by atoms with E-state index in [2.05, 4.69) is 16.9 Å². The number of hydrogen-bond acceptors (Lipinski definition) is 5. The summed E-state index contributed by atoms with van der Waals surface area (Å²) in [6.07, 6.45) is 0.0893. The Morgan fingerprint density at radius 3 is 2.93 bits per heavy atom. The van der Waals surface area contributed by atoms with Gasteiger partial charge in [-0.2, -0.15) is 0 Å². The third kappa shape index (κ3) is 1.48. The van der Waals surface area contributed by atoms with Crippen molar-refractivity contribution in [2.75, 3.05) is 0 Å². The second kappa shape index (κ2) is 3.62. The number of aliphatic hydroxyl groups excluding tert-OH is 1. The molecular formula is C8H15BN2O3. The zero-order valence-corrected chi connectivity index (χ0v) is 8.13. The van der Waals surface area contributed by atoms with Crippen LogP contribution in [0.4, 0.5) is 0 Å². The molecule has 5 unspecified atom stereocenters. The first-order chi connectivity index (χ1) is 6.63. The van der Waals surface area contributed by atoms with Gasteiger partial charge in [0.2, 0.25) is 0 Å². The van der Waals surface area contributed by atoms with E-state index in [9.17, 15) is 5.11 Å². The predicted molar refractivity (Wildman–Crippen MR) is 53.1 cm³/mol. The molecule has 1 saturated carbocycles. The van der Waals surface area contributed by atoms with Crippen molar-refractivity contribution >= 4 is 13.8 Å². The summed E-state index contributed by atoms with van der Waals surface area (Å²) in [5.74, 6) is 0.141. The number of ether oxygens (including phenoxy) is 1. The zero-order valence-electron chi connectivity index (χ0n) is 8.13. The van der Waals surface area contributed by atoms with Gasteiger partial charge in [0.15, 0.2) is 0 Å². The van der Waals surface area contributed by atoms with E-state index in [-0.39, 0.29) is 24.3 Å². The minimum absolute atomic E-state index is 0.0289. The lowest BCUT2D eigenvalue weighted by atomic mass is 9.73. The molecule has 1 aliphatic carbocycles. The molecule has 0 aromatic heterocycles. The van der Waals surface area contributed by atoms with Crippen LogP contribution in [-0.4, -0.2) is 48.4 Å². The number of nitrogens with zero attached hydrogens (tertiary/aromatic N) is 1. The molecule has 5 atom stereocenters. The lowest BCUT2D eigenvalue weighted by molar-refractivity contribution is -0.101. The SMILES string of the molecule is C=NC1C(O)C2CC(NB(C)O)OC21. The molecule has 2 fully saturated rings. The van der Waals surface area contributed by atoms with Crippen LogP contribution in [0.25, 0.3) is 0 Å². The van der Waals surface area contributed by atoms with Crippen LogP contribution in [0, 0.1) is 5.92 Å². The van der Waals surface area contributed by atoms with Gasteiger partial charge < -0.3 is 20.1 Å². The molecule has 1 heterocycles. The molecule has 2 rings (SSSR count). The summed E-state index contributed by atoms with van der Waals surface area (Å²) in [7, 11) is -0.593. The van der Waals surface area contributed by atoms with Crippen LogP contribution in [0.5, 0.6) is 0 Å². The van der Waals surface area contributed by atoms with Crippen LogP contribution in [0.15, 0.2) is 4.99 Å². The van der Waals surface area contributed by atoms with Crippen molar-refractivity contribution in [2.45, 2.75) is 37.7 Å². The van der Waals surface area contributed by atoms with Gasteiger partial charge in [-0.15, -0.1) is 0 Å². The van der Waals surface area contributed by atoms with Crippen molar-refractivity contribution in [3.05, 3.63) is 0 Å². The highest BCUT2D eigenvalue weighted by Gasteiger charge is 2.56. The molecule has 5 nitrogen and oxygen atoms in total. The van der Waals surface area contributed by atoms with Gasteiger partial charge in [0.1, 0.15) is 12.3 Å². The third-order valence-electron chi connectivity index (χ3n) is 2.99. The molecule has 1 aliphatic heterocycles. The maximum atomic E-state index is 9.63. The third-order valence-corrected chi connectivity index (χ3v) is 2.99. The van der Waals surface area contributed by atoms with E-state index >= 15 is 0 Å². The van der Waals surface area contributed by atoms with Crippen molar-refractivity contribution in [1.82, 2.24) is 5.23 Å². The lowest BCUT2D eigenvalue weighted by Crippen LogP contribution is -2.56. The molecule has 0 aromatic carbocycles. The van der Waals surface area contributed by atoms with Crippen LogP contribution in [-0.2, 0) is 4.74 Å². The van der Waals surface area contributed by atoms with Gasteiger partial charge in [-0.25, -0.2) is 0 Å². The number of nitrogens with one attached hydrogen (secondary N) is 1. The van der Waals surface area contributed by atoms with Gasteiger partial charge in [-0.05, 0) is 20.0 Å². The number of aliphatic imine (C=N–C) groups is 1. The highest BCUT2D eigenvalue weighted by Crippen LogP contribution is 2.42. The number of fused-ring (bicyclic) bond motifs is 1. The zero-order chi connectivity index (χ0) is 10.3. The van der Waals surface area contributed by atoms with Crippen LogP contribution >= 0.6 is 0 Å². The maximum Gasteiger partial charge on any atom is 0.375 e. The Kier molecular flexibility index (Phi) is 2.61. The van der Waals surface area contributed by atoms with Gasteiger partial charge in [0, 0.05) is 5.92 Å². The standard InChI is InChI=1S/C8H15BN2O3/c1-9(13)11-5-3-4-7(12)6(10-2)8(4)14-5/h4-8,11-13H,2-3H2,1H3. The minimum atomic E-state index is -0.593. The monoisotopic (exact) mass is 198 g/mol. The van der Waals surface area contributed by atoms with Crippen molar-refractivity contribution in [1.29, 1.82) is 0 Å². The number of aliphatic hydroxyl groups is 1. The Balaban J connectivity index is 1.91. The number of hydrogen-bond donors (Lipinski definition) is 3. The average molecular weight is 198 g/mol. The van der Waals surface area contributed by atoms with E-state index < -0.39 is 13.2 Å². The Morgan fingerprint density at radius 2 is 2.36 bits per heavy atom. The van der Waals surface area contributed by atoms with Crippen molar-refractivity contribution in [2.24, 2.45) is 10.9 Å². The van der Waals surface area contributed by atoms with Crippen molar-refractivity contribution < 1.29 is 14.9 Å². The van der Waals surface area contributed by atoms with Gasteiger partial charge in [0.25, 0.3) is 0 Å². The summed E-state index contributed by atoms with van der Waals surface area (Å²) in [5.41, 5.74) is 0. The second-order valence-electron chi connectivity index (χ2n) is 4.00. The Bertz CT molecular complexity index is 239. The molecule has 0 aromatic rings. The summed E-state index contributed by atoms with van der Waals surface area (Å²) in [6, 6.07) is -0.194. The summed E-state index contributed by atoms with van der Waals surface area (Å²) in [4.78, 5) is 3.82. The predicted octanol–water partition coefficient (Wildman–Crippen LogP) is -1.14. The molecule has 0 amide bonds. The van der Waals surface area contributed by atoms with E-state index in [0.29, 0.717) is 0 Å². The van der Waals surface area contributed by atoms with Gasteiger partial charge in [-0.1, -0.05) is 0 Å². The Labute approximate surface area is 83.3 Å². The molecule has 0 bridgehead atoms. The van der Waals surface area contributed by atoms with E-state index in [1.54, 1.807) is 6.82 Å². The topological polar surface area (TPSA) is 74.1 Å². The molecule has 2 aliphatic rings. The summed E-state index contributed by atoms with van der Waals surface area (Å²) < 4.78 is 5.58. The van der Waals surface area contributed by atoms with Crippen molar-refractivity contribution in [3.63, 3.8) is 0 Å². The molecule has 0 radical (unpaired) electrons. The first-order valence-electron chi connectivity index (χ1n) is 4.87. The van der Waals surface area contributed by atoms with Gasteiger partial charge in [-0.3, -0.25) is 4.99 Å². The van der Waals surface area contributed by atoms with Crippen LogP contribution < -0.4 is 5.23 Å². The van der Waals surface area contributed by atoms with Crippen LogP contribution in [0.1, 0.15) is 6.42 Å². The van der Waals surface area contributed by atoms with Crippen molar-refractivity contribution in [3.8, 4) is 0 Å². The smallest absolute Gasteiger partial charge is 0.375 e. The molecule has 0 spiro atoms. The highest BCUT2D eigenvalue weighted by molar-refractivity contribution is 6.45. The van der Waals surface area contributed by atoms with E-state index in [4.69, 9.17) is 9.76 Å². The molecular weight excluding hydrogens is 183 g/mol. The van der Waals surface area contributed by atoms with E-state index in [0.717, 1.165) is 6.42 Å². The highest BCUT2D eigenvalue weighted by atomic mass is 16.5. The fourth-order valence-electron chi connectivity index (χ4n) is 2.29. The average Bonchev–Trinajstić information content (AvgIpc) is 2.45. The normalized spacial score (nSPS) is 45.5. The second-order valence-corrected chi connectivity index (χ2v) is 4.00. The molecule has 78 valence electrons. The van der Waals surface area contributed by atoms with Crippen LogP contribution in [0.2, 0.25) is 6.82 Å². The van der Waals surface area contributed by atoms with Gasteiger partial charge in [0.05, 0.1) is 12.2 Å². The van der Waals surface area contributed by atoms with E-state index in [1.807, 2.05) is 0 Å².